The number of nitrogens with one attached hydrogen (secondary N) is 1. The van der Waals surface area contributed by atoms with Gasteiger partial charge in [0.1, 0.15) is 0 Å². The number of aliphatic hydroxyl groups is 1. The molecule has 0 aliphatic heterocycles. The Balaban J connectivity index is 4.18. The number of rotatable bonds is 7. The van der Waals surface area contributed by atoms with E-state index in [0.717, 1.165) is 4.90 Å². The quantitative estimate of drug-likeness (QED) is 0.595. The standard InChI is InChI=1S/C9H16F2N2O4/c1-6(8(15)16)4-12-9(17)13(2-3-14)5-7(10)11/h6-7,14H,2-5H2,1H3,(H,12,17)(H,15,16). The van der Waals surface area contributed by atoms with E-state index in [4.69, 9.17) is 10.2 Å². The first-order chi connectivity index (χ1) is 7.88. The molecular weight excluding hydrogens is 238 g/mol. The molecule has 0 heterocycles. The summed E-state index contributed by atoms with van der Waals surface area (Å²) in [7, 11) is 0. The minimum absolute atomic E-state index is 0.153. The largest absolute Gasteiger partial charge is 0.481 e. The number of aliphatic carboxylic acids is 1. The van der Waals surface area contributed by atoms with Crippen LogP contribution in [0.4, 0.5) is 13.6 Å². The molecule has 0 radical (unpaired) electrons. The number of alkyl halides is 2. The van der Waals surface area contributed by atoms with Crippen molar-refractivity contribution < 1.29 is 28.6 Å². The van der Waals surface area contributed by atoms with Crippen LogP contribution in [0.3, 0.4) is 0 Å². The molecule has 1 atom stereocenters. The van der Waals surface area contributed by atoms with Gasteiger partial charge in [0.15, 0.2) is 0 Å². The van der Waals surface area contributed by atoms with Crippen LogP contribution >= 0.6 is 0 Å². The van der Waals surface area contributed by atoms with Crippen LogP contribution in [-0.4, -0.2) is 59.8 Å². The molecule has 0 aromatic rings. The second-order valence-electron chi connectivity index (χ2n) is 3.49. The van der Waals surface area contributed by atoms with E-state index in [-0.39, 0.29) is 13.1 Å². The van der Waals surface area contributed by atoms with E-state index in [1.54, 1.807) is 0 Å². The first kappa shape index (κ1) is 15.6. The van der Waals surface area contributed by atoms with Gasteiger partial charge in [0, 0.05) is 13.1 Å². The Kier molecular flexibility index (Phi) is 7.11. The summed E-state index contributed by atoms with van der Waals surface area (Å²) < 4.78 is 24.2. The molecule has 3 N–H and O–H groups in total. The van der Waals surface area contributed by atoms with Crippen molar-refractivity contribution in [1.82, 2.24) is 10.2 Å². The van der Waals surface area contributed by atoms with Gasteiger partial charge in [-0.05, 0) is 0 Å². The summed E-state index contributed by atoms with van der Waals surface area (Å²) in [6.07, 6.45) is -2.70. The molecular formula is C9H16F2N2O4. The highest BCUT2D eigenvalue weighted by Gasteiger charge is 2.19. The van der Waals surface area contributed by atoms with Crippen LogP contribution in [0.1, 0.15) is 6.92 Å². The Bertz CT molecular complexity index is 263. The molecule has 17 heavy (non-hydrogen) atoms. The Morgan fingerprint density at radius 3 is 2.41 bits per heavy atom. The highest BCUT2D eigenvalue weighted by atomic mass is 19.3. The smallest absolute Gasteiger partial charge is 0.317 e. The summed E-state index contributed by atoms with van der Waals surface area (Å²) in [5.41, 5.74) is 0. The highest BCUT2D eigenvalue weighted by Crippen LogP contribution is 1.99. The van der Waals surface area contributed by atoms with Crippen molar-refractivity contribution in [3.63, 3.8) is 0 Å². The molecule has 100 valence electrons. The number of amides is 2. The lowest BCUT2D eigenvalue weighted by atomic mass is 10.2. The fourth-order valence-corrected chi connectivity index (χ4v) is 1.00. The van der Waals surface area contributed by atoms with E-state index in [1.807, 2.05) is 0 Å². The molecule has 0 aliphatic carbocycles. The fraction of sp³-hybridized carbons (Fsp3) is 0.778. The van der Waals surface area contributed by atoms with Crippen LogP contribution in [-0.2, 0) is 4.79 Å². The Labute approximate surface area is 97.2 Å². The SMILES string of the molecule is CC(CNC(=O)N(CCO)CC(F)F)C(=O)O. The molecule has 0 fully saturated rings. The number of halogens is 2. The van der Waals surface area contributed by atoms with Gasteiger partial charge in [0.2, 0.25) is 0 Å². The van der Waals surface area contributed by atoms with E-state index in [9.17, 15) is 18.4 Å². The van der Waals surface area contributed by atoms with Crippen molar-refractivity contribution in [3.05, 3.63) is 0 Å². The molecule has 0 saturated carbocycles. The van der Waals surface area contributed by atoms with Crippen LogP contribution in [0.15, 0.2) is 0 Å². The van der Waals surface area contributed by atoms with Gasteiger partial charge < -0.3 is 20.4 Å². The first-order valence-electron chi connectivity index (χ1n) is 5.03. The lowest BCUT2D eigenvalue weighted by molar-refractivity contribution is -0.140. The van der Waals surface area contributed by atoms with Crippen molar-refractivity contribution in [1.29, 1.82) is 0 Å². The zero-order valence-electron chi connectivity index (χ0n) is 9.40. The fourth-order valence-electron chi connectivity index (χ4n) is 1.00. The second kappa shape index (κ2) is 7.77. The number of carboxylic acid groups (broad SMARTS) is 1. The van der Waals surface area contributed by atoms with Gasteiger partial charge in [-0.15, -0.1) is 0 Å². The molecule has 0 aromatic heterocycles. The van der Waals surface area contributed by atoms with Crippen LogP contribution in [0.5, 0.6) is 0 Å². The van der Waals surface area contributed by atoms with E-state index in [0.29, 0.717) is 0 Å². The second-order valence-corrected chi connectivity index (χ2v) is 3.49. The molecule has 0 aromatic carbocycles. The van der Waals surface area contributed by atoms with Gasteiger partial charge in [0.05, 0.1) is 19.1 Å². The van der Waals surface area contributed by atoms with Crippen LogP contribution in [0.25, 0.3) is 0 Å². The third-order valence-electron chi connectivity index (χ3n) is 2.00. The number of carbonyl (C=O) groups is 2. The number of nitrogens with zero attached hydrogens (tertiary/aromatic N) is 1. The molecule has 0 rings (SSSR count). The predicted molar refractivity (Wildman–Crippen MR) is 54.9 cm³/mol. The molecule has 0 spiro atoms. The van der Waals surface area contributed by atoms with Gasteiger partial charge in [-0.3, -0.25) is 4.79 Å². The first-order valence-corrected chi connectivity index (χ1v) is 5.03. The number of carbonyl (C=O) groups excluding carboxylic acids is 1. The summed E-state index contributed by atoms with van der Waals surface area (Å²) >= 11 is 0. The molecule has 6 nitrogen and oxygen atoms in total. The molecule has 0 saturated heterocycles. The Hall–Kier alpha value is -1.44. The van der Waals surface area contributed by atoms with Crippen molar-refractivity contribution in [2.75, 3.05) is 26.2 Å². The van der Waals surface area contributed by atoms with E-state index >= 15 is 0 Å². The van der Waals surface area contributed by atoms with E-state index in [1.165, 1.54) is 6.92 Å². The third-order valence-corrected chi connectivity index (χ3v) is 2.00. The average Bonchev–Trinajstić information content (AvgIpc) is 2.23. The number of carboxylic acids is 1. The maximum absolute atomic E-state index is 12.1. The predicted octanol–water partition coefficient (Wildman–Crippen LogP) is -0.0239. The normalized spacial score (nSPS) is 12.3. The molecule has 1 unspecified atom stereocenters. The zero-order valence-corrected chi connectivity index (χ0v) is 9.40. The van der Waals surface area contributed by atoms with E-state index < -0.39 is 37.5 Å². The van der Waals surface area contributed by atoms with Gasteiger partial charge >= 0.3 is 12.0 Å². The summed E-state index contributed by atoms with van der Waals surface area (Å²) in [5.74, 6) is -1.89. The summed E-state index contributed by atoms with van der Waals surface area (Å²) in [4.78, 5) is 22.6. The number of urea groups is 1. The topological polar surface area (TPSA) is 89.9 Å². The molecule has 8 heteroatoms. The zero-order chi connectivity index (χ0) is 13.4. The molecule has 0 bridgehead atoms. The summed E-state index contributed by atoms with van der Waals surface area (Å²) in [5, 5.41) is 19.4. The van der Waals surface area contributed by atoms with Crippen LogP contribution in [0, 0.1) is 5.92 Å². The Morgan fingerprint density at radius 1 is 1.41 bits per heavy atom. The van der Waals surface area contributed by atoms with Gasteiger partial charge in [-0.1, -0.05) is 6.92 Å². The van der Waals surface area contributed by atoms with Gasteiger partial charge in [-0.2, -0.15) is 0 Å². The minimum Gasteiger partial charge on any atom is -0.481 e. The van der Waals surface area contributed by atoms with Gasteiger partial charge in [0.25, 0.3) is 6.43 Å². The summed E-state index contributed by atoms with van der Waals surface area (Å²) in [6.45, 7) is -0.231. The number of hydrogen-bond acceptors (Lipinski definition) is 3. The minimum atomic E-state index is -2.70. The lowest BCUT2D eigenvalue weighted by Crippen LogP contribution is -2.45. The van der Waals surface area contributed by atoms with Crippen LogP contribution < -0.4 is 5.32 Å². The maximum Gasteiger partial charge on any atom is 0.317 e. The van der Waals surface area contributed by atoms with Crippen molar-refractivity contribution in [3.8, 4) is 0 Å². The summed E-state index contributed by atoms with van der Waals surface area (Å²) in [6, 6.07) is -0.813. The molecule has 0 aliphatic rings. The van der Waals surface area contributed by atoms with Crippen LogP contribution in [0.2, 0.25) is 0 Å². The van der Waals surface area contributed by atoms with Gasteiger partial charge in [-0.25, -0.2) is 13.6 Å². The number of hydrogen-bond donors (Lipinski definition) is 3. The third kappa shape index (κ3) is 6.67. The van der Waals surface area contributed by atoms with Crippen molar-refractivity contribution in [2.24, 2.45) is 5.92 Å². The monoisotopic (exact) mass is 254 g/mol. The number of aliphatic hydroxyl groups excluding tert-OH is 1. The maximum atomic E-state index is 12.1. The van der Waals surface area contributed by atoms with Crippen molar-refractivity contribution >= 4 is 12.0 Å². The lowest BCUT2D eigenvalue weighted by Gasteiger charge is -2.22. The molecule has 2 amide bonds. The average molecular weight is 254 g/mol. The van der Waals surface area contributed by atoms with Crippen molar-refractivity contribution in [2.45, 2.75) is 13.3 Å². The highest BCUT2D eigenvalue weighted by molar-refractivity contribution is 5.75. The Morgan fingerprint density at radius 2 is 2.00 bits per heavy atom. The van der Waals surface area contributed by atoms with E-state index in [2.05, 4.69) is 5.32 Å².